The van der Waals surface area contributed by atoms with Crippen LogP contribution in [0.2, 0.25) is 0 Å². The van der Waals surface area contributed by atoms with Crippen LogP contribution in [0.25, 0.3) is 0 Å². The second-order valence-electron chi connectivity index (χ2n) is 6.74. The van der Waals surface area contributed by atoms with E-state index in [0.29, 0.717) is 25.0 Å². The number of H-pyrrole nitrogens is 1. The van der Waals surface area contributed by atoms with Gasteiger partial charge in [-0.25, -0.2) is 0 Å². The highest BCUT2D eigenvalue weighted by atomic mass is 16.5. The lowest BCUT2D eigenvalue weighted by Gasteiger charge is -2.31. The average molecular weight is 341 g/mol. The topological polar surface area (TPSA) is 83.1 Å². The first-order valence-electron chi connectivity index (χ1n) is 8.89. The molecule has 0 spiro atoms. The maximum atomic E-state index is 12.5. The van der Waals surface area contributed by atoms with Crippen LogP contribution in [-0.4, -0.2) is 51.8 Å². The number of hydrogen-bond donors (Lipinski definition) is 2. The summed E-state index contributed by atoms with van der Waals surface area (Å²) in [6.07, 6.45) is 3.02. The summed E-state index contributed by atoms with van der Waals surface area (Å²) in [5.41, 5.74) is 1.24. The first-order chi connectivity index (χ1) is 12.3. The molecule has 2 aromatic rings. The maximum Gasteiger partial charge on any atom is 0.257 e. The number of amides is 1. The van der Waals surface area contributed by atoms with Crippen LogP contribution in [0.4, 0.5) is 5.95 Å². The highest BCUT2D eigenvalue weighted by molar-refractivity contribution is 5.92. The SMILES string of the molecule is O=C(Nc1n[nH]c(C2CCC2)n1)C1CN(Cc2ccccc2)CCO1. The number of hydrogen-bond acceptors (Lipinski definition) is 5. The Bertz CT molecular complexity index is 713. The lowest BCUT2D eigenvalue weighted by molar-refractivity contribution is -0.133. The van der Waals surface area contributed by atoms with Crippen molar-refractivity contribution >= 4 is 11.9 Å². The number of rotatable bonds is 5. The zero-order chi connectivity index (χ0) is 17.1. The van der Waals surface area contributed by atoms with Crippen molar-refractivity contribution in [2.75, 3.05) is 25.0 Å². The lowest BCUT2D eigenvalue weighted by atomic mass is 9.85. The van der Waals surface area contributed by atoms with Crippen LogP contribution >= 0.6 is 0 Å². The summed E-state index contributed by atoms with van der Waals surface area (Å²) in [4.78, 5) is 19.1. The van der Waals surface area contributed by atoms with Gasteiger partial charge in [-0.15, -0.1) is 5.10 Å². The molecule has 4 rings (SSSR count). The minimum absolute atomic E-state index is 0.183. The van der Waals surface area contributed by atoms with Gasteiger partial charge in [0.2, 0.25) is 5.95 Å². The Balaban J connectivity index is 1.32. The van der Waals surface area contributed by atoms with Gasteiger partial charge in [0, 0.05) is 25.6 Å². The Labute approximate surface area is 146 Å². The fourth-order valence-electron chi connectivity index (χ4n) is 3.23. The molecule has 1 aromatic heterocycles. The fourth-order valence-corrected chi connectivity index (χ4v) is 3.23. The van der Waals surface area contributed by atoms with E-state index in [1.807, 2.05) is 18.2 Å². The molecule has 2 fully saturated rings. The zero-order valence-electron chi connectivity index (χ0n) is 14.1. The van der Waals surface area contributed by atoms with Gasteiger partial charge in [-0.3, -0.25) is 20.1 Å². The summed E-state index contributed by atoms with van der Waals surface area (Å²) in [7, 11) is 0. The fraction of sp³-hybridized carbons (Fsp3) is 0.500. The van der Waals surface area contributed by atoms with Crippen LogP contribution in [-0.2, 0) is 16.1 Å². The van der Waals surface area contributed by atoms with Crippen molar-refractivity contribution in [3.63, 3.8) is 0 Å². The number of anilines is 1. The van der Waals surface area contributed by atoms with Gasteiger partial charge in [0.15, 0.2) is 0 Å². The average Bonchev–Trinajstić information content (AvgIpc) is 3.02. The Morgan fingerprint density at radius 2 is 2.16 bits per heavy atom. The van der Waals surface area contributed by atoms with Crippen LogP contribution < -0.4 is 5.32 Å². The molecule has 2 aliphatic rings. The molecule has 1 atom stereocenters. The molecule has 1 amide bonds. The van der Waals surface area contributed by atoms with Crippen LogP contribution in [0.3, 0.4) is 0 Å². The van der Waals surface area contributed by atoms with E-state index in [0.717, 1.165) is 31.8 Å². The molecule has 2 N–H and O–H groups in total. The van der Waals surface area contributed by atoms with Crippen LogP contribution in [0, 0.1) is 0 Å². The van der Waals surface area contributed by atoms with Crippen molar-refractivity contribution in [2.45, 2.75) is 37.8 Å². The smallest absolute Gasteiger partial charge is 0.257 e. The number of nitrogens with zero attached hydrogens (tertiary/aromatic N) is 3. The monoisotopic (exact) mass is 341 g/mol. The minimum atomic E-state index is -0.497. The number of nitrogens with one attached hydrogen (secondary N) is 2. The van der Waals surface area contributed by atoms with Crippen molar-refractivity contribution in [1.29, 1.82) is 0 Å². The molecular weight excluding hydrogens is 318 g/mol. The van der Waals surface area contributed by atoms with Crippen molar-refractivity contribution in [3.8, 4) is 0 Å². The van der Waals surface area contributed by atoms with E-state index in [4.69, 9.17) is 4.74 Å². The Hall–Kier alpha value is -2.25. The number of benzene rings is 1. The first kappa shape index (κ1) is 16.2. The summed E-state index contributed by atoms with van der Waals surface area (Å²) in [5.74, 6) is 1.50. The van der Waals surface area contributed by atoms with E-state index in [2.05, 4.69) is 37.5 Å². The molecule has 7 nitrogen and oxygen atoms in total. The standard InChI is InChI=1S/C18H23N5O2/c24-17(20-18-19-16(21-22-18)14-7-4-8-14)15-12-23(9-10-25-15)11-13-5-2-1-3-6-13/h1-3,5-6,14-15H,4,7-12H2,(H2,19,20,21,22,24). The predicted molar refractivity (Wildman–Crippen MR) is 93.1 cm³/mol. The molecule has 1 unspecified atom stereocenters. The molecule has 132 valence electrons. The molecule has 0 bridgehead atoms. The van der Waals surface area contributed by atoms with E-state index >= 15 is 0 Å². The van der Waals surface area contributed by atoms with Crippen molar-refractivity contribution in [3.05, 3.63) is 41.7 Å². The number of ether oxygens (including phenoxy) is 1. The van der Waals surface area contributed by atoms with Crippen molar-refractivity contribution < 1.29 is 9.53 Å². The quantitative estimate of drug-likeness (QED) is 0.868. The summed E-state index contributed by atoms with van der Waals surface area (Å²) in [6.45, 7) is 2.76. The number of morpholine rings is 1. The van der Waals surface area contributed by atoms with Gasteiger partial charge in [0.25, 0.3) is 5.91 Å². The second kappa shape index (κ2) is 7.33. The molecule has 1 aromatic carbocycles. The Morgan fingerprint density at radius 1 is 1.32 bits per heavy atom. The Kier molecular flexibility index (Phi) is 4.76. The highest BCUT2D eigenvalue weighted by Crippen LogP contribution is 2.34. The van der Waals surface area contributed by atoms with E-state index in [1.54, 1.807) is 0 Å². The molecule has 1 saturated carbocycles. The normalized spacial score (nSPS) is 21.7. The zero-order valence-corrected chi connectivity index (χ0v) is 14.1. The van der Waals surface area contributed by atoms with Crippen LogP contribution in [0.1, 0.15) is 36.6 Å². The second-order valence-corrected chi connectivity index (χ2v) is 6.74. The molecule has 1 aliphatic carbocycles. The van der Waals surface area contributed by atoms with Gasteiger partial charge in [0.1, 0.15) is 11.9 Å². The van der Waals surface area contributed by atoms with Gasteiger partial charge in [-0.05, 0) is 18.4 Å². The molecule has 1 saturated heterocycles. The highest BCUT2D eigenvalue weighted by Gasteiger charge is 2.28. The predicted octanol–water partition coefficient (Wildman–Crippen LogP) is 1.91. The third-order valence-corrected chi connectivity index (χ3v) is 4.92. The number of aromatic nitrogens is 3. The minimum Gasteiger partial charge on any atom is -0.366 e. The van der Waals surface area contributed by atoms with E-state index in [1.165, 1.54) is 12.0 Å². The van der Waals surface area contributed by atoms with Crippen molar-refractivity contribution in [1.82, 2.24) is 20.1 Å². The molecule has 25 heavy (non-hydrogen) atoms. The number of carbonyl (C=O) groups excluding carboxylic acids is 1. The van der Waals surface area contributed by atoms with E-state index in [-0.39, 0.29) is 5.91 Å². The molecular formula is C18H23N5O2. The summed E-state index contributed by atoms with van der Waals surface area (Å²) in [5, 5.41) is 9.81. The third kappa shape index (κ3) is 3.88. The van der Waals surface area contributed by atoms with Crippen molar-refractivity contribution in [2.24, 2.45) is 0 Å². The summed E-state index contributed by atoms with van der Waals surface area (Å²) < 4.78 is 5.65. The van der Waals surface area contributed by atoms with E-state index in [9.17, 15) is 4.79 Å². The number of carbonyl (C=O) groups is 1. The van der Waals surface area contributed by atoms with Gasteiger partial charge >= 0.3 is 0 Å². The third-order valence-electron chi connectivity index (χ3n) is 4.92. The van der Waals surface area contributed by atoms with Gasteiger partial charge < -0.3 is 4.74 Å². The first-order valence-corrected chi connectivity index (χ1v) is 8.89. The molecule has 2 heterocycles. The lowest BCUT2D eigenvalue weighted by Crippen LogP contribution is -2.47. The largest absolute Gasteiger partial charge is 0.366 e. The molecule has 7 heteroatoms. The summed E-state index contributed by atoms with van der Waals surface area (Å²) in [6, 6.07) is 10.3. The molecule has 0 radical (unpaired) electrons. The summed E-state index contributed by atoms with van der Waals surface area (Å²) >= 11 is 0. The van der Waals surface area contributed by atoms with Crippen LogP contribution in [0.15, 0.2) is 30.3 Å². The number of aromatic amines is 1. The maximum absolute atomic E-state index is 12.5. The van der Waals surface area contributed by atoms with Gasteiger partial charge in [-0.2, -0.15) is 4.98 Å². The Morgan fingerprint density at radius 3 is 2.92 bits per heavy atom. The van der Waals surface area contributed by atoms with Crippen LogP contribution in [0.5, 0.6) is 0 Å². The van der Waals surface area contributed by atoms with Gasteiger partial charge in [-0.1, -0.05) is 36.8 Å². The molecule has 1 aliphatic heterocycles. The van der Waals surface area contributed by atoms with Gasteiger partial charge in [0.05, 0.1) is 6.61 Å². The van der Waals surface area contributed by atoms with E-state index < -0.39 is 6.10 Å².